The Morgan fingerprint density at radius 3 is 2.80 bits per heavy atom. The minimum atomic E-state index is -0.486. The average molecular weight is 359 g/mol. The fraction of sp³-hybridized carbons (Fsp3) is 0.286. The number of aryl methyl sites for hydroxylation is 1. The molecule has 0 bridgehead atoms. The van der Waals surface area contributed by atoms with E-state index in [-0.39, 0.29) is 5.02 Å². The molecule has 1 heterocycles. The van der Waals surface area contributed by atoms with Gasteiger partial charge < -0.3 is 5.32 Å². The molecule has 0 saturated carbocycles. The highest BCUT2D eigenvalue weighted by atomic mass is 79.9. The topological polar surface area (TPSA) is 37.8 Å². The smallest absolute Gasteiger partial charge is 0.152 e. The molecule has 0 amide bonds. The summed E-state index contributed by atoms with van der Waals surface area (Å²) in [4.78, 5) is 8.56. The highest BCUT2D eigenvalue weighted by molar-refractivity contribution is 9.10. The molecule has 2 rings (SSSR count). The molecule has 1 aromatic heterocycles. The van der Waals surface area contributed by atoms with E-state index < -0.39 is 5.82 Å². The van der Waals surface area contributed by atoms with Gasteiger partial charge in [0.05, 0.1) is 10.7 Å². The number of hydrogen-bond acceptors (Lipinski definition) is 3. The standard InChI is InChI=1S/C14H14BrClFN3/c1-3-6-18-12-7-11(19-8(2)20-12)9-4-5-10(15)13(16)14(9)17/h4-5,7H,3,6H2,1-2H3,(H,18,19,20). The third-order valence-electron chi connectivity index (χ3n) is 2.71. The number of halogens is 3. The van der Waals surface area contributed by atoms with Crippen LogP contribution in [0.4, 0.5) is 10.2 Å². The summed E-state index contributed by atoms with van der Waals surface area (Å²) in [5.74, 6) is 0.785. The monoisotopic (exact) mass is 357 g/mol. The lowest BCUT2D eigenvalue weighted by Gasteiger charge is -2.09. The number of benzene rings is 1. The summed E-state index contributed by atoms with van der Waals surface area (Å²) in [6, 6.07) is 5.08. The third-order valence-corrected chi connectivity index (χ3v) is 3.96. The number of hydrogen-bond donors (Lipinski definition) is 1. The molecule has 0 unspecified atom stereocenters. The maximum atomic E-state index is 14.2. The minimum Gasteiger partial charge on any atom is -0.370 e. The van der Waals surface area contributed by atoms with Gasteiger partial charge in [-0.05, 0) is 41.4 Å². The van der Waals surface area contributed by atoms with Crippen LogP contribution in [0.3, 0.4) is 0 Å². The summed E-state index contributed by atoms with van der Waals surface area (Å²) in [6.45, 7) is 4.65. The van der Waals surface area contributed by atoms with Crippen LogP contribution in [0.25, 0.3) is 11.3 Å². The van der Waals surface area contributed by atoms with E-state index in [1.807, 2.05) is 0 Å². The van der Waals surface area contributed by atoms with Gasteiger partial charge in [-0.25, -0.2) is 14.4 Å². The Kier molecular flexibility index (Phi) is 4.94. The predicted molar refractivity (Wildman–Crippen MR) is 83.7 cm³/mol. The van der Waals surface area contributed by atoms with Crippen molar-refractivity contribution in [2.75, 3.05) is 11.9 Å². The Morgan fingerprint density at radius 1 is 1.35 bits per heavy atom. The average Bonchev–Trinajstić information content (AvgIpc) is 2.42. The largest absolute Gasteiger partial charge is 0.370 e. The van der Waals surface area contributed by atoms with Crippen molar-refractivity contribution in [1.82, 2.24) is 9.97 Å². The lowest BCUT2D eigenvalue weighted by atomic mass is 10.1. The molecule has 0 fully saturated rings. The fourth-order valence-electron chi connectivity index (χ4n) is 1.77. The SMILES string of the molecule is CCCNc1cc(-c2ccc(Br)c(Cl)c2F)nc(C)n1. The quantitative estimate of drug-likeness (QED) is 0.796. The molecule has 0 aliphatic carbocycles. The molecule has 0 saturated heterocycles. The molecule has 1 N–H and O–H groups in total. The van der Waals surface area contributed by atoms with Crippen molar-refractivity contribution in [2.24, 2.45) is 0 Å². The van der Waals surface area contributed by atoms with Gasteiger partial charge in [-0.3, -0.25) is 0 Å². The lowest BCUT2D eigenvalue weighted by molar-refractivity contribution is 0.630. The van der Waals surface area contributed by atoms with Crippen LogP contribution in [-0.2, 0) is 0 Å². The van der Waals surface area contributed by atoms with E-state index in [1.54, 1.807) is 25.1 Å². The van der Waals surface area contributed by atoms with E-state index in [9.17, 15) is 4.39 Å². The molecule has 0 spiro atoms. The number of nitrogens with zero attached hydrogens (tertiary/aromatic N) is 2. The second-order valence-corrected chi connectivity index (χ2v) is 5.57. The molecule has 0 radical (unpaired) electrons. The first kappa shape index (κ1) is 15.2. The maximum absolute atomic E-state index is 14.2. The molecule has 6 heteroatoms. The van der Waals surface area contributed by atoms with E-state index in [4.69, 9.17) is 11.6 Å². The Bertz CT molecular complexity index is 634. The predicted octanol–water partition coefficient (Wildman–Crippen LogP) is 4.83. The van der Waals surface area contributed by atoms with Crippen LogP contribution in [0.1, 0.15) is 19.2 Å². The summed E-state index contributed by atoms with van der Waals surface area (Å²) in [6.07, 6.45) is 0.983. The van der Waals surface area contributed by atoms with Crippen LogP contribution in [0.15, 0.2) is 22.7 Å². The van der Waals surface area contributed by atoms with E-state index in [1.165, 1.54) is 0 Å². The van der Waals surface area contributed by atoms with Gasteiger partial charge >= 0.3 is 0 Å². The van der Waals surface area contributed by atoms with Crippen molar-refractivity contribution in [3.63, 3.8) is 0 Å². The third kappa shape index (κ3) is 3.27. The first-order valence-electron chi connectivity index (χ1n) is 6.26. The van der Waals surface area contributed by atoms with E-state index >= 15 is 0 Å². The Hall–Kier alpha value is -1.20. The fourth-order valence-corrected chi connectivity index (χ4v) is 2.24. The van der Waals surface area contributed by atoms with E-state index in [0.717, 1.165) is 13.0 Å². The van der Waals surface area contributed by atoms with Gasteiger partial charge in [0.1, 0.15) is 11.6 Å². The highest BCUT2D eigenvalue weighted by Crippen LogP contribution is 2.32. The summed E-state index contributed by atoms with van der Waals surface area (Å²) in [5.41, 5.74) is 0.881. The van der Waals surface area contributed by atoms with Crippen LogP contribution in [0.2, 0.25) is 5.02 Å². The normalized spacial score (nSPS) is 10.7. The summed E-state index contributed by atoms with van der Waals surface area (Å²) in [7, 11) is 0. The zero-order valence-electron chi connectivity index (χ0n) is 11.2. The zero-order valence-corrected chi connectivity index (χ0v) is 13.5. The molecule has 3 nitrogen and oxygen atoms in total. The Morgan fingerprint density at radius 2 is 2.10 bits per heavy atom. The van der Waals surface area contributed by atoms with Crippen LogP contribution in [0.5, 0.6) is 0 Å². The van der Waals surface area contributed by atoms with Gasteiger partial charge in [-0.2, -0.15) is 0 Å². The first-order chi connectivity index (χ1) is 9.52. The number of rotatable bonds is 4. The molecule has 106 valence electrons. The van der Waals surface area contributed by atoms with Crippen molar-refractivity contribution in [1.29, 1.82) is 0 Å². The molecule has 0 aliphatic heterocycles. The van der Waals surface area contributed by atoms with Crippen molar-refractivity contribution in [3.05, 3.63) is 39.3 Å². The van der Waals surface area contributed by atoms with Gasteiger partial charge in [0.2, 0.25) is 0 Å². The number of anilines is 1. The zero-order chi connectivity index (χ0) is 14.7. The van der Waals surface area contributed by atoms with Crippen molar-refractivity contribution in [3.8, 4) is 11.3 Å². The maximum Gasteiger partial charge on any atom is 0.152 e. The number of aromatic nitrogens is 2. The highest BCUT2D eigenvalue weighted by Gasteiger charge is 2.14. The van der Waals surface area contributed by atoms with Crippen molar-refractivity contribution < 1.29 is 4.39 Å². The van der Waals surface area contributed by atoms with Gasteiger partial charge in [0, 0.05) is 22.6 Å². The molecule has 20 heavy (non-hydrogen) atoms. The molecular formula is C14H14BrClFN3. The molecule has 0 aliphatic rings. The second kappa shape index (κ2) is 6.50. The van der Waals surface area contributed by atoms with E-state index in [2.05, 4.69) is 38.1 Å². The summed E-state index contributed by atoms with van der Waals surface area (Å²) >= 11 is 9.11. The van der Waals surface area contributed by atoms with Crippen LogP contribution in [0, 0.1) is 12.7 Å². The Balaban J connectivity index is 2.47. The minimum absolute atomic E-state index is 0.0573. The first-order valence-corrected chi connectivity index (χ1v) is 7.43. The van der Waals surface area contributed by atoms with Gasteiger partial charge in [0.15, 0.2) is 5.82 Å². The second-order valence-electron chi connectivity index (χ2n) is 4.34. The van der Waals surface area contributed by atoms with Crippen LogP contribution >= 0.6 is 27.5 Å². The molecule has 1 aromatic carbocycles. The van der Waals surface area contributed by atoms with Gasteiger partial charge in [-0.1, -0.05) is 18.5 Å². The Labute approximate surface area is 130 Å². The molecule has 0 atom stereocenters. The summed E-state index contributed by atoms with van der Waals surface area (Å²) in [5, 5.41) is 3.23. The van der Waals surface area contributed by atoms with Gasteiger partial charge in [-0.15, -0.1) is 0 Å². The molecular weight excluding hydrogens is 345 g/mol. The van der Waals surface area contributed by atoms with Crippen LogP contribution < -0.4 is 5.32 Å². The lowest BCUT2D eigenvalue weighted by Crippen LogP contribution is -2.04. The van der Waals surface area contributed by atoms with E-state index in [0.29, 0.717) is 27.4 Å². The van der Waals surface area contributed by atoms with Crippen molar-refractivity contribution >= 4 is 33.3 Å². The van der Waals surface area contributed by atoms with Crippen LogP contribution in [-0.4, -0.2) is 16.5 Å². The van der Waals surface area contributed by atoms with Crippen molar-refractivity contribution in [2.45, 2.75) is 20.3 Å². The molecule has 2 aromatic rings. The number of nitrogens with one attached hydrogen (secondary N) is 1. The summed E-state index contributed by atoms with van der Waals surface area (Å²) < 4.78 is 14.7. The van der Waals surface area contributed by atoms with Gasteiger partial charge in [0.25, 0.3) is 0 Å².